The molecule has 0 bridgehead atoms. The zero-order valence-corrected chi connectivity index (χ0v) is 8.81. The molecule has 4 N–H and O–H groups in total. The van der Waals surface area contributed by atoms with Gasteiger partial charge in [0.05, 0.1) is 12.2 Å². The Morgan fingerprint density at radius 3 is 2.93 bits per heavy atom. The predicted octanol–water partition coefficient (Wildman–Crippen LogP) is -0.543. The molecule has 1 amide bonds. The summed E-state index contributed by atoms with van der Waals surface area (Å²) >= 11 is 0. The van der Waals surface area contributed by atoms with E-state index in [4.69, 9.17) is 11.5 Å². The highest BCUT2D eigenvalue weighted by Gasteiger charge is 2.04. The largest absolute Gasteiger partial charge is 0.369 e. The summed E-state index contributed by atoms with van der Waals surface area (Å²) in [7, 11) is 1.84. The number of pyridine rings is 1. The molecule has 1 heterocycles. The Hall–Kier alpha value is -1.46. The van der Waals surface area contributed by atoms with Crippen LogP contribution in [0.4, 0.5) is 0 Å². The standard InChI is InChI=1S/C10H16N4O/c1-14(7-10(12)15)6-8-2-3-13-9(4-8)5-11/h2-4H,5-7,11H2,1H3,(H2,12,15). The van der Waals surface area contributed by atoms with E-state index in [-0.39, 0.29) is 12.5 Å². The van der Waals surface area contributed by atoms with Gasteiger partial charge in [-0.05, 0) is 24.7 Å². The lowest BCUT2D eigenvalue weighted by atomic mass is 10.2. The third-order valence-corrected chi connectivity index (χ3v) is 1.97. The Morgan fingerprint density at radius 1 is 1.60 bits per heavy atom. The number of primary amides is 1. The molecule has 0 fully saturated rings. The second kappa shape index (κ2) is 5.43. The average molecular weight is 208 g/mol. The molecule has 15 heavy (non-hydrogen) atoms. The van der Waals surface area contributed by atoms with Crippen molar-refractivity contribution in [3.63, 3.8) is 0 Å². The van der Waals surface area contributed by atoms with Gasteiger partial charge in [-0.1, -0.05) is 0 Å². The third kappa shape index (κ3) is 4.05. The van der Waals surface area contributed by atoms with E-state index in [0.29, 0.717) is 13.1 Å². The van der Waals surface area contributed by atoms with Crippen LogP contribution in [-0.4, -0.2) is 29.4 Å². The molecule has 0 aliphatic carbocycles. The number of carbonyl (C=O) groups is 1. The van der Waals surface area contributed by atoms with Crippen molar-refractivity contribution in [3.8, 4) is 0 Å². The van der Waals surface area contributed by atoms with E-state index in [2.05, 4.69) is 4.98 Å². The van der Waals surface area contributed by atoms with Gasteiger partial charge >= 0.3 is 0 Å². The first-order chi connectivity index (χ1) is 7.11. The molecule has 0 saturated carbocycles. The monoisotopic (exact) mass is 208 g/mol. The number of hydrogen-bond donors (Lipinski definition) is 2. The van der Waals surface area contributed by atoms with Crippen LogP contribution in [0.1, 0.15) is 11.3 Å². The lowest BCUT2D eigenvalue weighted by molar-refractivity contribution is -0.118. The Morgan fingerprint density at radius 2 is 2.33 bits per heavy atom. The number of hydrogen-bond acceptors (Lipinski definition) is 4. The van der Waals surface area contributed by atoms with E-state index in [9.17, 15) is 4.79 Å². The van der Waals surface area contributed by atoms with E-state index in [1.807, 2.05) is 24.1 Å². The Labute approximate surface area is 89.1 Å². The number of rotatable bonds is 5. The van der Waals surface area contributed by atoms with Crippen LogP contribution in [0.25, 0.3) is 0 Å². The summed E-state index contributed by atoms with van der Waals surface area (Å²) in [6.45, 7) is 1.34. The van der Waals surface area contributed by atoms with E-state index >= 15 is 0 Å². The smallest absolute Gasteiger partial charge is 0.231 e. The molecule has 0 aliphatic rings. The van der Waals surface area contributed by atoms with Gasteiger partial charge in [0, 0.05) is 19.3 Å². The predicted molar refractivity (Wildman–Crippen MR) is 57.7 cm³/mol. The zero-order chi connectivity index (χ0) is 11.3. The van der Waals surface area contributed by atoms with Gasteiger partial charge in [0.1, 0.15) is 0 Å². The van der Waals surface area contributed by atoms with Gasteiger partial charge in [-0.25, -0.2) is 0 Å². The highest BCUT2D eigenvalue weighted by molar-refractivity contribution is 5.75. The maximum atomic E-state index is 10.7. The molecule has 0 atom stereocenters. The van der Waals surface area contributed by atoms with Crippen molar-refractivity contribution >= 4 is 5.91 Å². The van der Waals surface area contributed by atoms with Crippen LogP contribution >= 0.6 is 0 Å². The molecular weight excluding hydrogens is 192 g/mol. The Bertz CT molecular complexity index is 340. The van der Waals surface area contributed by atoms with Crippen molar-refractivity contribution in [2.24, 2.45) is 11.5 Å². The van der Waals surface area contributed by atoms with Gasteiger partial charge < -0.3 is 11.5 Å². The molecule has 82 valence electrons. The van der Waals surface area contributed by atoms with Gasteiger partial charge in [-0.15, -0.1) is 0 Å². The fourth-order valence-electron chi connectivity index (χ4n) is 1.37. The third-order valence-electron chi connectivity index (χ3n) is 1.97. The van der Waals surface area contributed by atoms with Crippen LogP contribution in [0.5, 0.6) is 0 Å². The van der Waals surface area contributed by atoms with E-state index in [0.717, 1.165) is 11.3 Å². The molecule has 1 rings (SSSR count). The van der Waals surface area contributed by atoms with Gasteiger partial charge in [-0.3, -0.25) is 14.7 Å². The fraction of sp³-hybridized carbons (Fsp3) is 0.400. The molecule has 5 nitrogen and oxygen atoms in total. The van der Waals surface area contributed by atoms with E-state index in [1.165, 1.54) is 0 Å². The maximum absolute atomic E-state index is 10.7. The minimum Gasteiger partial charge on any atom is -0.369 e. The van der Waals surface area contributed by atoms with Crippen molar-refractivity contribution in [1.29, 1.82) is 0 Å². The van der Waals surface area contributed by atoms with Crippen LogP contribution in [0, 0.1) is 0 Å². The number of carbonyl (C=O) groups excluding carboxylic acids is 1. The number of amides is 1. The first-order valence-corrected chi connectivity index (χ1v) is 4.72. The van der Waals surface area contributed by atoms with Crippen molar-refractivity contribution in [2.45, 2.75) is 13.1 Å². The summed E-state index contributed by atoms with van der Waals surface area (Å²) in [5.74, 6) is -0.328. The van der Waals surface area contributed by atoms with Crippen molar-refractivity contribution < 1.29 is 4.79 Å². The summed E-state index contributed by atoms with van der Waals surface area (Å²) in [6, 6.07) is 3.83. The van der Waals surface area contributed by atoms with Gasteiger partial charge in [0.2, 0.25) is 5.91 Å². The Kier molecular flexibility index (Phi) is 4.20. The summed E-state index contributed by atoms with van der Waals surface area (Å²) < 4.78 is 0. The first kappa shape index (κ1) is 11.6. The van der Waals surface area contributed by atoms with Crippen LogP contribution in [0.2, 0.25) is 0 Å². The maximum Gasteiger partial charge on any atom is 0.231 e. The highest BCUT2D eigenvalue weighted by atomic mass is 16.1. The van der Waals surface area contributed by atoms with Crippen LogP contribution in [0.3, 0.4) is 0 Å². The van der Waals surface area contributed by atoms with Gasteiger partial charge in [0.15, 0.2) is 0 Å². The molecule has 0 radical (unpaired) electrons. The summed E-state index contributed by atoms with van der Waals surface area (Å²) in [5.41, 5.74) is 12.5. The second-order valence-corrected chi connectivity index (χ2v) is 3.50. The summed E-state index contributed by atoms with van der Waals surface area (Å²) in [6.07, 6.45) is 1.72. The average Bonchev–Trinajstić information content (AvgIpc) is 2.16. The number of aromatic nitrogens is 1. The molecule has 0 unspecified atom stereocenters. The van der Waals surface area contributed by atoms with Crippen molar-refractivity contribution in [1.82, 2.24) is 9.88 Å². The minimum absolute atomic E-state index is 0.250. The quantitative estimate of drug-likeness (QED) is 0.680. The topological polar surface area (TPSA) is 85.2 Å². The molecule has 1 aromatic heterocycles. The molecule has 0 spiro atoms. The van der Waals surface area contributed by atoms with E-state index < -0.39 is 0 Å². The molecule has 0 saturated heterocycles. The SMILES string of the molecule is CN(CC(N)=O)Cc1ccnc(CN)c1. The number of nitrogens with two attached hydrogens (primary N) is 2. The van der Waals surface area contributed by atoms with Gasteiger partial charge in [-0.2, -0.15) is 0 Å². The van der Waals surface area contributed by atoms with Crippen LogP contribution in [-0.2, 0) is 17.9 Å². The minimum atomic E-state index is -0.328. The number of likely N-dealkylation sites (N-methyl/N-ethyl adjacent to an activating group) is 1. The highest BCUT2D eigenvalue weighted by Crippen LogP contribution is 2.04. The van der Waals surface area contributed by atoms with Crippen LogP contribution < -0.4 is 11.5 Å². The van der Waals surface area contributed by atoms with Crippen LogP contribution in [0.15, 0.2) is 18.3 Å². The number of nitrogens with zero attached hydrogens (tertiary/aromatic N) is 2. The molecular formula is C10H16N4O. The lowest BCUT2D eigenvalue weighted by Gasteiger charge is -2.14. The summed E-state index contributed by atoms with van der Waals surface area (Å²) in [5, 5.41) is 0. The Balaban J connectivity index is 2.59. The fourth-order valence-corrected chi connectivity index (χ4v) is 1.37. The molecule has 1 aromatic rings. The van der Waals surface area contributed by atoms with Crippen molar-refractivity contribution in [2.75, 3.05) is 13.6 Å². The normalized spacial score (nSPS) is 10.6. The first-order valence-electron chi connectivity index (χ1n) is 4.72. The lowest BCUT2D eigenvalue weighted by Crippen LogP contribution is -2.30. The van der Waals surface area contributed by atoms with E-state index in [1.54, 1.807) is 6.20 Å². The summed E-state index contributed by atoms with van der Waals surface area (Å²) in [4.78, 5) is 16.6. The molecule has 0 aliphatic heterocycles. The van der Waals surface area contributed by atoms with Crippen molar-refractivity contribution in [3.05, 3.63) is 29.6 Å². The second-order valence-electron chi connectivity index (χ2n) is 3.50. The molecule has 0 aromatic carbocycles. The zero-order valence-electron chi connectivity index (χ0n) is 8.81. The van der Waals surface area contributed by atoms with Gasteiger partial charge in [0.25, 0.3) is 0 Å². The molecule has 5 heteroatoms.